The smallest absolute Gasteiger partial charge is 0.266 e. The lowest BCUT2D eigenvalue weighted by molar-refractivity contribution is 0.0462. The largest absolute Gasteiger partial charge is 0.337 e. The van der Waals surface area contributed by atoms with E-state index in [-0.39, 0.29) is 11.5 Å². The van der Waals surface area contributed by atoms with Crippen LogP contribution in [0.2, 0.25) is 0 Å². The summed E-state index contributed by atoms with van der Waals surface area (Å²) in [6.07, 6.45) is 2.34. The zero-order chi connectivity index (χ0) is 16.0. The number of aryl methyl sites for hydroxylation is 1. The second-order valence-corrected chi connectivity index (χ2v) is 7.25. The van der Waals surface area contributed by atoms with Gasteiger partial charge in [-0.2, -0.15) is 5.10 Å². The van der Waals surface area contributed by atoms with Crippen molar-refractivity contribution in [2.24, 2.45) is 5.92 Å². The van der Waals surface area contributed by atoms with Gasteiger partial charge in [0.2, 0.25) is 0 Å². The number of carbonyl (C=O) groups excluding carboxylic acids is 1. The maximum atomic E-state index is 12.3. The van der Waals surface area contributed by atoms with E-state index in [9.17, 15) is 9.59 Å². The summed E-state index contributed by atoms with van der Waals surface area (Å²) < 4.78 is 1.57. The van der Waals surface area contributed by atoms with Gasteiger partial charge < -0.3 is 4.90 Å². The predicted molar refractivity (Wildman–Crippen MR) is 86.7 cm³/mol. The number of hydrogen-bond acceptors (Lipinski definition) is 5. The van der Waals surface area contributed by atoms with E-state index in [1.807, 2.05) is 17.9 Å². The third-order valence-electron chi connectivity index (χ3n) is 4.50. The molecule has 23 heavy (non-hydrogen) atoms. The minimum atomic E-state index is -0.0579. The number of amides is 1. The summed E-state index contributed by atoms with van der Waals surface area (Å²) >= 11 is 1.39. The molecule has 1 aliphatic heterocycles. The molecule has 0 spiro atoms. The lowest BCUT2D eigenvalue weighted by atomic mass is 10.00. The van der Waals surface area contributed by atoms with Crippen molar-refractivity contribution in [3.05, 3.63) is 44.3 Å². The van der Waals surface area contributed by atoms with Crippen LogP contribution in [0.1, 0.15) is 39.8 Å². The fourth-order valence-electron chi connectivity index (χ4n) is 2.94. The molecule has 0 atom stereocenters. The van der Waals surface area contributed by atoms with Crippen LogP contribution < -0.4 is 5.56 Å². The van der Waals surface area contributed by atoms with Crippen LogP contribution in [0.5, 0.6) is 0 Å². The van der Waals surface area contributed by atoms with Crippen LogP contribution in [0.15, 0.2) is 22.4 Å². The van der Waals surface area contributed by atoms with E-state index in [0.29, 0.717) is 31.5 Å². The third-order valence-corrected chi connectivity index (χ3v) is 5.41. The molecular weight excluding hydrogens is 312 g/mol. The van der Waals surface area contributed by atoms with Crippen LogP contribution in [0.3, 0.4) is 0 Å². The first-order valence-corrected chi connectivity index (χ1v) is 8.77. The zero-order valence-electron chi connectivity index (χ0n) is 12.9. The highest BCUT2D eigenvalue weighted by Gasteiger charge is 2.33. The Hall–Kier alpha value is -2.02. The molecule has 1 saturated heterocycles. The number of rotatable bonds is 4. The zero-order valence-corrected chi connectivity index (χ0v) is 13.8. The number of nitrogens with zero attached hydrogens (tertiary/aromatic N) is 4. The summed E-state index contributed by atoms with van der Waals surface area (Å²) in [6, 6.07) is 3.46. The Balaban J connectivity index is 1.39. The summed E-state index contributed by atoms with van der Waals surface area (Å²) in [5.74, 6) is 0.885. The number of likely N-dealkylation sites (tertiary alicyclic amines) is 1. The van der Waals surface area contributed by atoms with E-state index in [2.05, 4.69) is 10.1 Å². The van der Waals surface area contributed by atoms with E-state index >= 15 is 0 Å². The van der Waals surface area contributed by atoms with Crippen molar-refractivity contribution in [2.45, 2.75) is 32.2 Å². The fourth-order valence-corrected chi connectivity index (χ4v) is 3.71. The van der Waals surface area contributed by atoms with Crippen LogP contribution in [0, 0.1) is 12.8 Å². The van der Waals surface area contributed by atoms with E-state index in [1.165, 1.54) is 24.2 Å². The van der Waals surface area contributed by atoms with Crippen molar-refractivity contribution in [3.63, 3.8) is 0 Å². The standard InChI is InChI=1S/C16H18N4O2S/c1-10-15(23-9-17-10)16(22)19-6-11(7-19)8-20-14(21)5-4-13(18-20)12-2-3-12/h4-5,9,11-12H,2-3,6-8H2,1H3. The van der Waals surface area contributed by atoms with Crippen molar-refractivity contribution in [3.8, 4) is 0 Å². The summed E-state index contributed by atoms with van der Waals surface area (Å²) in [4.78, 5) is 30.9. The predicted octanol–water partition coefficient (Wildman–Crippen LogP) is 1.66. The fraction of sp³-hybridized carbons (Fsp3) is 0.500. The molecular formula is C16H18N4O2S. The van der Waals surface area contributed by atoms with Crippen molar-refractivity contribution in [1.82, 2.24) is 19.7 Å². The molecule has 0 unspecified atom stereocenters. The quantitative estimate of drug-likeness (QED) is 0.855. The van der Waals surface area contributed by atoms with Gasteiger partial charge in [-0.25, -0.2) is 9.67 Å². The first kappa shape index (κ1) is 14.6. The third kappa shape index (κ3) is 2.81. The highest BCUT2D eigenvalue weighted by molar-refractivity contribution is 7.11. The van der Waals surface area contributed by atoms with Gasteiger partial charge in [-0.3, -0.25) is 9.59 Å². The lowest BCUT2D eigenvalue weighted by Crippen LogP contribution is -2.52. The highest BCUT2D eigenvalue weighted by atomic mass is 32.1. The van der Waals surface area contributed by atoms with E-state index in [4.69, 9.17) is 0 Å². The Morgan fingerprint density at radius 3 is 2.78 bits per heavy atom. The van der Waals surface area contributed by atoms with Crippen LogP contribution in [-0.2, 0) is 6.54 Å². The Morgan fingerprint density at radius 1 is 1.35 bits per heavy atom. The summed E-state index contributed by atoms with van der Waals surface area (Å²) in [6.45, 7) is 3.80. The molecule has 0 radical (unpaired) electrons. The van der Waals surface area contributed by atoms with Gasteiger partial charge in [-0.05, 0) is 25.8 Å². The Bertz CT molecular complexity index is 802. The molecule has 1 amide bonds. The molecule has 120 valence electrons. The molecule has 1 aliphatic carbocycles. The molecule has 2 aliphatic rings. The molecule has 2 aromatic rings. The van der Waals surface area contributed by atoms with Gasteiger partial charge in [0.05, 0.1) is 23.4 Å². The maximum absolute atomic E-state index is 12.3. The monoisotopic (exact) mass is 330 g/mol. The maximum Gasteiger partial charge on any atom is 0.266 e. The molecule has 0 aromatic carbocycles. The Kier molecular flexibility index (Phi) is 3.52. The topological polar surface area (TPSA) is 68.1 Å². The van der Waals surface area contributed by atoms with Crippen molar-refractivity contribution in [2.75, 3.05) is 13.1 Å². The number of carbonyl (C=O) groups is 1. The molecule has 6 nitrogen and oxygen atoms in total. The molecule has 1 saturated carbocycles. The van der Waals surface area contributed by atoms with Crippen molar-refractivity contribution in [1.29, 1.82) is 0 Å². The minimum Gasteiger partial charge on any atom is -0.337 e. The van der Waals surface area contributed by atoms with Crippen LogP contribution in [-0.4, -0.2) is 38.7 Å². The molecule has 3 heterocycles. The number of thiazole rings is 1. The van der Waals surface area contributed by atoms with Gasteiger partial charge in [0.1, 0.15) is 4.88 Å². The second-order valence-electron chi connectivity index (χ2n) is 6.40. The second kappa shape index (κ2) is 5.56. The van der Waals surface area contributed by atoms with Gasteiger partial charge in [-0.1, -0.05) is 0 Å². The van der Waals surface area contributed by atoms with Crippen LogP contribution in [0.25, 0.3) is 0 Å². The molecule has 4 rings (SSSR count). The first-order chi connectivity index (χ1) is 11.1. The first-order valence-electron chi connectivity index (χ1n) is 7.89. The highest BCUT2D eigenvalue weighted by Crippen LogP contribution is 2.38. The molecule has 2 fully saturated rings. The molecule has 0 N–H and O–H groups in total. The summed E-state index contributed by atoms with van der Waals surface area (Å²) in [5, 5.41) is 4.48. The van der Waals surface area contributed by atoms with E-state index < -0.39 is 0 Å². The van der Waals surface area contributed by atoms with Gasteiger partial charge in [0.15, 0.2) is 0 Å². The van der Waals surface area contributed by atoms with E-state index in [1.54, 1.807) is 16.3 Å². The average molecular weight is 330 g/mol. The van der Waals surface area contributed by atoms with Crippen molar-refractivity contribution < 1.29 is 4.79 Å². The Labute approximate surface area is 137 Å². The van der Waals surface area contributed by atoms with Gasteiger partial charge in [0, 0.05) is 31.0 Å². The number of hydrogen-bond donors (Lipinski definition) is 0. The van der Waals surface area contributed by atoms with Gasteiger partial charge in [-0.15, -0.1) is 11.3 Å². The average Bonchev–Trinajstić information content (AvgIpc) is 3.25. The molecule has 0 bridgehead atoms. The van der Waals surface area contributed by atoms with Gasteiger partial charge >= 0.3 is 0 Å². The van der Waals surface area contributed by atoms with E-state index in [0.717, 1.165) is 16.3 Å². The molecule has 7 heteroatoms. The lowest BCUT2D eigenvalue weighted by Gasteiger charge is -2.39. The summed E-state index contributed by atoms with van der Waals surface area (Å²) in [7, 11) is 0. The minimum absolute atomic E-state index is 0.0493. The van der Waals surface area contributed by atoms with Crippen LogP contribution >= 0.6 is 11.3 Å². The van der Waals surface area contributed by atoms with Crippen molar-refractivity contribution >= 4 is 17.2 Å². The summed E-state index contributed by atoms with van der Waals surface area (Å²) in [5.41, 5.74) is 3.46. The SMILES string of the molecule is Cc1ncsc1C(=O)N1CC(Cn2nc(C3CC3)ccc2=O)C1. The number of aromatic nitrogens is 3. The van der Waals surface area contributed by atoms with Gasteiger partial charge in [0.25, 0.3) is 11.5 Å². The normalized spacial score (nSPS) is 18.0. The Morgan fingerprint density at radius 2 is 2.13 bits per heavy atom. The molecule has 2 aromatic heterocycles. The van der Waals surface area contributed by atoms with Crippen LogP contribution in [0.4, 0.5) is 0 Å².